The van der Waals surface area contributed by atoms with Crippen LogP contribution in [-0.2, 0) is 0 Å². The maximum Gasteiger partial charge on any atom is 0.267 e. The number of amides is 1. The fraction of sp³-hybridized carbons (Fsp3) is 0.692. The summed E-state index contributed by atoms with van der Waals surface area (Å²) in [4.78, 5) is 21.5. The quantitative estimate of drug-likeness (QED) is 0.922. The lowest BCUT2D eigenvalue weighted by molar-refractivity contribution is 0.0769. The maximum atomic E-state index is 12.6. The fourth-order valence-electron chi connectivity index (χ4n) is 2.25. The number of carbonyl (C=O) groups excluding carboxylic acids is 1. The molecule has 1 aliphatic heterocycles. The van der Waals surface area contributed by atoms with Crippen molar-refractivity contribution in [1.82, 2.24) is 9.88 Å². The van der Waals surface area contributed by atoms with Crippen LogP contribution >= 0.6 is 23.1 Å². The first-order valence-corrected chi connectivity index (χ1v) is 8.85. The van der Waals surface area contributed by atoms with Crippen LogP contribution in [-0.4, -0.2) is 53.0 Å². The van der Waals surface area contributed by atoms with Gasteiger partial charge in [0.25, 0.3) is 5.91 Å². The van der Waals surface area contributed by atoms with Crippen LogP contribution in [0, 0.1) is 0 Å². The van der Waals surface area contributed by atoms with E-state index in [0.29, 0.717) is 15.9 Å². The molecular formula is C13H22N4OS2. The van der Waals surface area contributed by atoms with Gasteiger partial charge in [-0.25, -0.2) is 4.98 Å². The summed E-state index contributed by atoms with van der Waals surface area (Å²) in [6.07, 6.45) is 0. The molecule has 0 saturated carbocycles. The number of thioether (sulfide) groups is 1. The molecule has 0 aliphatic carbocycles. The minimum Gasteiger partial charge on any atom is -0.382 e. The van der Waals surface area contributed by atoms with Crippen molar-refractivity contribution in [3.8, 4) is 0 Å². The van der Waals surface area contributed by atoms with Gasteiger partial charge in [-0.15, -0.1) is 0 Å². The Hall–Kier alpha value is -0.950. The van der Waals surface area contributed by atoms with Gasteiger partial charge in [0.1, 0.15) is 10.7 Å². The average Bonchev–Trinajstić information content (AvgIpc) is 2.81. The van der Waals surface area contributed by atoms with Gasteiger partial charge in [0.05, 0.1) is 0 Å². The fourth-order valence-corrected chi connectivity index (χ4v) is 4.34. The van der Waals surface area contributed by atoms with Crippen molar-refractivity contribution in [2.45, 2.75) is 26.0 Å². The summed E-state index contributed by atoms with van der Waals surface area (Å²) in [7, 11) is 0. The molecule has 1 aliphatic rings. The van der Waals surface area contributed by atoms with Crippen LogP contribution in [0.1, 0.15) is 30.4 Å². The molecule has 1 amide bonds. The highest BCUT2D eigenvalue weighted by Gasteiger charge is 2.26. The molecule has 1 aromatic heterocycles. The van der Waals surface area contributed by atoms with E-state index < -0.39 is 0 Å². The van der Waals surface area contributed by atoms with Gasteiger partial charge >= 0.3 is 0 Å². The second kappa shape index (κ2) is 6.67. The van der Waals surface area contributed by atoms with Gasteiger partial charge in [-0.1, -0.05) is 18.3 Å². The molecule has 112 valence electrons. The smallest absolute Gasteiger partial charge is 0.267 e. The standard InChI is InChI=1S/C13H22N4OS2/c1-4-16(5-2)13-15-11(14)10(20-13)12(18)17-6-7-19-9(3)8-17/h9H,4-8,14H2,1-3H3. The van der Waals surface area contributed by atoms with E-state index in [1.165, 1.54) is 11.3 Å². The van der Waals surface area contributed by atoms with E-state index >= 15 is 0 Å². The molecule has 2 rings (SSSR count). The summed E-state index contributed by atoms with van der Waals surface area (Å²) in [5, 5.41) is 1.33. The third-order valence-electron chi connectivity index (χ3n) is 3.40. The van der Waals surface area contributed by atoms with Crippen LogP contribution in [0.2, 0.25) is 0 Å². The molecule has 1 fully saturated rings. The molecule has 0 aromatic carbocycles. The van der Waals surface area contributed by atoms with Crippen molar-refractivity contribution in [3.63, 3.8) is 0 Å². The SMILES string of the molecule is CCN(CC)c1nc(N)c(C(=O)N2CCSC(C)C2)s1. The number of hydrogen-bond acceptors (Lipinski definition) is 6. The number of nitrogens with zero attached hydrogens (tertiary/aromatic N) is 3. The largest absolute Gasteiger partial charge is 0.382 e. The van der Waals surface area contributed by atoms with E-state index in [0.717, 1.165) is 37.1 Å². The summed E-state index contributed by atoms with van der Waals surface area (Å²) in [6, 6.07) is 0. The van der Waals surface area contributed by atoms with Crippen LogP contribution in [0.3, 0.4) is 0 Å². The van der Waals surface area contributed by atoms with Crippen molar-refractivity contribution in [2.75, 3.05) is 42.6 Å². The van der Waals surface area contributed by atoms with E-state index in [2.05, 4.69) is 30.7 Å². The highest BCUT2D eigenvalue weighted by atomic mass is 32.2. The second-order valence-corrected chi connectivity index (χ2v) is 7.34. The Morgan fingerprint density at radius 3 is 2.80 bits per heavy atom. The van der Waals surface area contributed by atoms with Gasteiger partial charge in [0.15, 0.2) is 5.13 Å². The molecule has 1 saturated heterocycles. The van der Waals surface area contributed by atoms with Crippen LogP contribution in [0.4, 0.5) is 10.9 Å². The molecule has 1 unspecified atom stereocenters. The Morgan fingerprint density at radius 2 is 2.20 bits per heavy atom. The number of anilines is 2. The summed E-state index contributed by atoms with van der Waals surface area (Å²) in [5.41, 5.74) is 5.95. The van der Waals surface area contributed by atoms with Gasteiger partial charge in [0.2, 0.25) is 0 Å². The van der Waals surface area contributed by atoms with Crippen LogP contribution in [0.15, 0.2) is 0 Å². The van der Waals surface area contributed by atoms with Crippen molar-refractivity contribution in [1.29, 1.82) is 0 Å². The van der Waals surface area contributed by atoms with Crippen LogP contribution < -0.4 is 10.6 Å². The predicted octanol–water partition coefficient (Wildman–Crippen LogP) is 2.15. The zero-order valence-corrected chi connectivity index (χ0v) is 13.9. The number of nitrogen functional groups attached to an aromatic ring is 1. The monoisotopic (exact) mass is 314 g/mol. The van der Waals surface area contributed by atoms with Crippen molar-refractivity contribution in [2.24, 2.45) is 0 Å². The molecule has 2 N–H and O–H groups in total. The number of carbonyl (C=O) groups is 1. The summed E-state index contributed by atoms with van der Waals surface area (Å²) >= 11 is 3.32. The van der Waals surface area contributed by atoms with E-state index in [1.807, 2.05) is 16.7 Å². The molecule has 2 heterocycles. The molecule has 7 heteroatoms. The van der Waals surface area contributed by atoms with Gasteiger partial charge in [-0.3, -0.25) is 4.79 Å². The molecular weight excluding hydrogens is 292 g/mol. The second-order valence-electron chi connectivity index (χ2n) is 4.82. The lowest BCUT2D eigenvalue weighted by atomic mass is 10.3. The molecule has 0 spiro atoms. The lowest BCUT2D eigenvalue weighted by Gasteiger charge is -2.30. The molecule has 1 aromatic rings. The highest BCUT2D eigenvalue weighted by molar-refractivity contribution is 7.99. The highest BCUT2D eigenvalue weighted by Crippen LogP contribution is 2.30. The van der Waals surface area contributed by atoms with Crippen molar-refractivity contribution < 1.29 is 4.79 Å². The summed E-state index contributed by atoms with van der Waals surface area (Å²) < 4.78 is 0. The van der Waals surface area contributed by atoms with Crippen molar-refractivity contribution in [3.05, 3.63) is 4.88 Å². The Bertz CT molecular complexity index is 473. The number of aromatic nitrogens is 1. The summed E-state index contributed by atoms with van der Waals surface area (Å²) in [5.74, 6) is 1.40. The minimum absolute atomic E-state index is 0.0329. The van der Waals surface area contributed by atoms with Crippen molar-refractivity contribution >= 4 is 40.0 Å². The van der Waals surface area contributed by atoms with E-state index in [1.54, 1.807) is 0 Å². The van der Waals surface area contributed by atoms with E-state index in [9.17, 15) is 4.79 Å². The molecule has 0 radical (unpaired) electrons. The third-order valence-corrected chi connectivity index (χ3v) is 5.65. The Labute approximate surface area is 128 Å². The molecule has 0 bridgehead atoms. The maximum absolute atomic E-state index is 12.6. The summed E-state index contributed by atoms with van der Waals surface area (Å²) in [6.45, 7) is 9.63. The zero-order valence-electron chi connectivity index (χ0n) is 12.3. The lowest BCUT2D eigenvalue weighted by Crippen LogP contribution is -2.40. The first-order chi connectivity index (χ1) is 9.56. The van der Waals surface area contributed by atoms with E-state index in [4.69, 9.17) is 5.73 Å². The van der Waals surface area contributed by atoms with Gasteiger partial charge in [0, 0.05) is 37.2 Å². The van der Waals surface area contributed by atoms with Gasteiger partial charge in [-0.2, -0.15) is 11.8 Å². The number of nitrogens with two attached hydrogens (primary N) is 1. The normalized spacial score (nSPS) is 19.1. The molecule has 5 nitrogen and oxygen atoms in total. The first-order valence-electron chi connectivity index (χ1n) is 6.98. The Morgan fingerprint density at radius 1 is 1.50 bits per heavy atom. The third kappa shape index (κ3) is 3.20. The minimum atomic E-state index is 0.0329. The topological polar surface area (TPSA) is 62.5 Å². The van der Waals surface area contributed by atoms with Crippen LogP contribution in [0.5, 0.6) is 0 Å². The predicted molar refractivity (Wildman–Crippen MR) is 87.9 cm³/mol. The van der Waals surface area contributed by atoms with Gasteiger partial charge in [-0.05, 0) is 13.8 Å². The molecule has 20 heavy (non-hydrogen) atoms. The zero-order chi connectivity index (χ0) is 14.7. The average molecular weight is 314 g/mol. The molecule has 1 atom stereocenters. The number of thiazole rings is 1. The Kier molecular flexibility index (Phi) is 5.15. The number of hydrogen-bond donors (Lipinski definition) is 1. The van der Waals surface area contributed by atoms with Gasteiger partial charge < -0.3 is 15.5 Å². The first kappa shape index (κ1) is 15.4. The van der Waals surface area contributed by atoms with Crippen LogP contribution in [0.25, 0.3) is 0 Å². The number of rotatable bonds is 4. The Balaban J connectivity index is 2.17. The van der Waals surface area contributed by atoms with E-state index in [-0.39, 0.29) is 5.91 Å².